The quantitative estimate of drug-likeness (QED) is 0.322. The van der Waals surface area contributed by atoms with E-state index in [-0.39, 0.29) is 24.9 Å². The normalized spacial score (nSPS) is 18.9. The molecule has 0 aliphatic carbocycles. The third-order valence-corrected chi connectivity index (χ3v) is 5.99. The molecule has 2 aliphatic heterocycles. The van der Waals surface area contributed by atoms with Crippen LogP contribution in [-0.2, 0) is 30.8 Å². The Balaban J connectivity index is 0.000000532. The van der Waals surface area contributed by atoms with Crippen LogP contribution in [0.5, 0.6) is 0 Å². The van der Waals surface area contributed by atoms with Gasteiger partial charge in [-0.2, -0.15) is 26.7 Å². The molecule has 3 heterocycles. The Labute approximate surface area is 219 Å². The first-order valence-electron chi connectivity index (χ1n) is 11.3. The van der Waals surface area contributed by atoms with Gasteiger partial charge in [-0.1, -0.05) is 17.3 Å². The van der Waals surface area contributed by atoms with E-state index in [0.29, 0.717) is 37.3 Å². The molecule has 4 rings (SSSR count). The van der Waals surface area contributed by atoms with Crippen molar-refractivity contribution in [3.8, 4) is 11.3 Å². The topological polar surface area (TPSA) is 210 Å². The molecule has 214 valence electrons. The summed E-state index contributed by atoms with van der Waals surface area (Å²) in [6.45, 7) is 0.958. The maximum Gasteiger partial charge on any atom is 0.490 e. The molecule has 2 atom stereocenters. The van der Waals surface area contributed by atoms with Crippen LogP contribution < -0.4 is 11.1 Å². The highest BCUT2D eigenvalue weighted by Gasteiger charge is 2.47. The van der Waals surface area contributed by atoms with E-state index in [9.17, 15) is 31.2 Å². The minimum absolute atomic E-state index is 0.155. The standard InChI is InChI=1S/C18H23N7O6S.C2HF3O2/c19-8-7-17(26)20-13-3-1-12(2-4-13)16-11-23(22-21-16)9-14-5-6-15-10-24(14)18(27)25(15)31-32(28,29)30;3-2(4,5)1(6)7/h1-4,11,14-15H,5-10,19H2,(H,20,26)(H,28,29,30);(H,6,7)/t14-,15+;/m0./s1. The molecule has 2 fully saturated rings. The molecule has 0 unspecified atom stereocenters. The van der Waals surface area contributed by atoms with Crippen LogP contribution in [-0.4, -0.2) is 92.3 Å². The van der Waals surface area contributed by atoms with Crippen LogP contribution in [0.4, 0.5) is 23.7 Å². The number of carboxylic acid groups (broad SMARTS) is 1. The number of alkyl halides is 3. The van der Waals surface area contributed by atoms with Gasteiger partial charge < -0.3 is 21.1 Å². The number of hydrogen-bond donors (Lipinski definition) is 4. The molecule has 3 amide bonds. The molecule has 0 spiro atoms. The smallest absolute Gasteiger partial charge is 0.475 e. The molecule has 0 saturated carbocycles. The predicted molar refractivity (Wildman–Crippen MR) is 125 cm³/mol. The fourth-order valence-corrected chi connectivity index (χ4v) is 4.30. The van der Waals surface area contributed by atoms with E-state index in [1.807, 2.05) is 12.1 Å². The number of fused-ring (bicyclic) bond motifs is 2. The number of nitrogens with zero attached hydrogens (tertiary/aromatic N) is 5. The Morgan fingerprint density at radius 1 is 1.21 bits per heavy atom. The SMILES string of the molecule is NCCC(=O)Nc1ccc(-c2cn(C[C@@H]3CC[C@@H]4CN3C(=O)N4OS(=O)(=O)O)nn2)cc1.O=C(O)C(F)(F)F. The van der Waals surface area contributed by atoms with Crippen molar-refractivity contribution in [1.82, 2.24) is 25.0 Å². The average Bonchev–Trinajstić information content (AvgIpc) is 3.39. The van der Waals surface area contributed by atoms with Gasteiger partial charge in [0, 0.05) is 30.8 Å². The predicted octanol–water partition coefficient (Wildman–Crippen LogP) is 0.869. The second-order valence-corrected chi connectivity index (χ2v) is 9.45. The van der Waals surface area contributed by atoms with Crippen LogP contribution in [0, 0.1) is 0 Å². The largest absolute Gasteiger partial charge is 0.490 e. The number of hydrogen-bond acceptors (Lipinski definition) is 9. The van der Waals surface area contributed by atoms with Gasteiger partial charge in [-0.25, -0.2) is 14.3 Å². The van der Waals surface area contributed by atoms with E-state index < -0.39 is 34.6 Å². The third-order valence-electron chi connectivity index (χ3n) is 5.64. The summed E-state index contributed by atoms with van der Waals surface area (Å²) in [5.74, 6) is -2.91. The number of benzene rings is 1. The lowest BCUT2D eigenvalue weighted by Crippen LogP contribution is -2.42. The Bertz CT molecular complexity index is 1300. The Morgan fingerprint density at radius 3 is 2.41 bits per heavy atom. The molecule has 2 aliphatic rings. The van der Waals surface area contributed by atoms with E-state index in [2.05, 4.69) is 19.9 Å². The van der Waals surface area contributed by atoms with Gasteiger partial charge in [-0.3, -0.25) is 9.35 Å². The van der Waals surface area contributed by atoms with E-state index in [4.69, 9.17) is 20.2 Å². The van der Waals surface area contributed by atoms with Crippen LogP contribution in [0.3, 0.4) is 0 Å². The number of piperidine rings is 1. The van der Waals surface area contributed by atoms with E-state index >= 15 is 0 Å². The number of aliphatic carboxylic acids is 1. The molecule has 1 aromatic carbocycles. The van der Waals surface area contributed by atoms with Gasteiger partial charge in [0.2, 0.25) is 5.91 Å². The fraction of sp³-hybridized carbons (Fsp3) is 0.450. The molecule has 2 bridgehead atoms. The van der Waals surface area contributed by atoms with Crippen molar-refractivity contribution < 1.29 is 49.9 Å². The second-order valence-electron chi connectivity index (χ2n) is 8.44. The van der Waals surface area contributed by atoms with Crippen molar-refractivity contribution in [3.63, 3.8) is 0 Å². The summed E-state index contributed by atoms with van der Waals surface area (Å²) in [4.78, 5) is 34.5. The third kappa shape index (κ3) is 8.09. The summed E-state index contributed by atoms with van der Waals surface area (Å²) < 4.78 is 68.7. The summed E-state index contributed by atoms with van der Waals surface area (Å²) in [5, 5.41) is 18.9. The van der Waals surface area contributed by atoms with Crippen LogP contribution in [0.1, 0.15) is 19.3 Å². The first-order chi connectivity index (χ1) is 18.2. The summed E-state index contributed by atoms with van der Waals surface area (Å²) in [6.07, 6.45) is -1.94. The molecule has 0 radical (unpaired) electrons. The van der Waals surface area contributed by atoms with Crippen molar-refractivity contribution >= 4 is 34.0 Å². The second kappa shape index (κ2) is 11.9. The number of hydroxylamine groups is 2. The lowest BCUT2D eigenvalue weighted by molar-refractivity contribution is -0.192. The number of carbonyl (C=O) groups excluding carboxylic acids is 2. The van der Waals surface area contributed by atoms with Gasteiger partial charge >= 0.3 is 28.6 Å². The first-order valence-corrected chi connectivity index (χ1v) is 12.6. The maximum atomic E-state index is 12.5. The van der Waals surface area contributed by atoms with E-state index in [1.165, 1.54) is 4.90 Å². The Hall–Kier alpha value is -3.81. The monoisotopic (exact) mass is 579 g/mol. The molecule has 1 aromatic heterocycles. The van der Waals surface area contributed by atoms with Crippen LogP contribution in [0.25, 0.3) is 11.3 Å². The van der Waals surface area contributed by atoms with Gasteiger partial charge in [0.05, 0.1) is 24.8 Å². The molecule has 19 heteroatoms. The molecule has 5 N–H and O–H groups in total. The van der Waals surface area contributed by atoms with Crippen LogP contribution in [0.2, 0.25) is 0 Å². The molecule has 15 nitrogen and oxygen atoms in total. The molecule has 2 saturated heterocycles. The van der Waals surface area contributed by atoms with Crippen molar-refractivity contribution in [2.75, 3.05) is 18.4 Å². The van der Waals surface area contributed by atoms with Crippen molar-refractivity contribution in [3.05, 3.63) is 30.5 Å². The number of urea groups is 1. The molecule has 39 heavy (non-hydrogen) atoms. The number of nitrogens with two attached hydrogens (primary N) is 1. The van der Waals surface area contributed by atoms with Crippen molar-refractivity contribution in [2.45, 2.75) is 44.1 Å². The van der Waals surface area contributed by atoms with E-state index in [1.54, 1.807) is 23.0 Å². The van der Waals surface area contributed by atoms with Gasteiger partial charge in [-0.05, 0) is 25.0 Å². The van der Waals surface area contributed by atoms with Crippen LogP contribution >= 0.6 is 0 Å². The van der Waals surface area contributed by atoms with Crippen LogP contribution in [0.15, 0.2) is 30.5 Å². The number of carbonyl (C=O) groups is 3. The highest BCUT2D eigenvalue weighted by Crippen LogP contribution is 2.31. The summed E-state index contributed by atoms with van der Waals surface area (Å²) >= 11 is 0. The number of halogens is 3. The van der Waals surface area contributed by atoms with Gasteiger partial charge in [0.1, 0.15) is 5.69 Å². The molecular formula is C20H24F3N7O8S. The fourth-order valence-electron chi connectivity index (χ4n) is 3.92. The zero-order valence-electron chi connectivity index (χ0n) is 20.0. The number of nitrogens with one attached hydrogen (secondary N) is 1. The lowest BCUT2D eigenvalue weighted by atomic mass is 10.0. The van der Waals surface area contributed by atoms with Crippen molar-refractivity contribution in [2.24, 2.45) is 5.73 Å². The van der Waals surface area contributed by atoms with Gasteiger partial charge in [-0.15, -0.1) is 9.38 Å². The first kappa shape index (κ1) is 29.7. The Kier molecular flexibility index (Phi) is 9.10. The van der Waals surface area contributed by atoms with E-state index in [0.717, 1.165) is 10.6 Å². The highest BCUT2D eigenvalue weighted by molar-refractivity contribution is 7.80. The maximum absolute atomic E-state index is 12.5. The summed E-state index contributed by atoms with van der Waals surface area (Å²) in [7, 11) is -4.77. The zero-order valence-corrected chi connectivity index (χ0v) is 20.8. The summed E-state index contributed by atoms with van der Waals surface area (Å²) in [6, 6.07) is 5.88. The Morgan fingerprint density at radius 2 is 1.85 bits per heavy atom. The lowest BCUT2D eigenvalue weighted by Gasteiger charge is -2.29. The van der Waals surface area contributed by atoms with Crippen molar-refractivity contribution in [1.29, 1.82) is 0 Å². The molecular weight excluding hydrogens is 555 g/mol. The minimum Gasteiger partial charge on any atom is -0.475 e. The molecule has 2 aromatic rings. The minimum atomic E-state index is -5.08. The number of carboxylic acids is 1. The highest BCUT2D eigenvalue weighted by atomic mass is 32.3. The van der Waals surface area contributed by atoms with Gasteiger partial charge in [0.25, 0.3) is 0 Å². The number of aromatic nitrogens is 3. The average molecular weight is 580 g/mol. The number of rotatable bonds is 8. The number of amides is 3. The summed E-state index contributed by atoms with van der Waals surface area (Å²) in [5.41, 5.74) is 7.46. The van der Waals surface area contributed by atoms with Gasteiger partial charge in [0.15, 0.2) is 0 Å². The number of anilines is 1. The zero-order chi connectivity index (χ0) is 29.0.